The van der Waals surface area contributed by atoms with Crippen molar-refractivity contribution in [2.24, 2.45) is 0 Å². The van der Waals surface area contributed by atoms with Crippen LogP contribution in [0.5, 0.6) is 0 Å². The number of halogens is 1. The molecule has 3 rings (SSSR count). The van der Waals surface area contributed by atoms with Crippen LogP contribution < -0.4 is 0 Å². The molecule has 5 nitrogen and oxygen atoms in total. The molecule has 1 aliphatic rings. The molecule has 0 saturated carbocycles. The van der Waals surface area contributed by atoms with Gasteiger partial charge in [-0.2, -0.15) is 9.57 Å². The zero-order chi connectivity index (χ0) is 17.3. The molecule has 1 saturated heterocycles. The Morgan fingerprint density at radius 2 is 1.75 bits per heavy atom. The maximum absolute atomic E-state index is 13.0. The van der Waals surface area contributed by atoms with Crippen molar-refractivity contribution in [3.8, 4) is 6.07 Å². The van der Waals surface area contributed by atoms with E-state index in [1.165, 1.54) is 0 Å². The molecule has 7 heteroatoms. The molecule has 1 heterocycles. The largest absolute Gasteiger partial charge is 0.395 e. The Kier molecular flexibility index (Phi) is 4.37. The summed E-state index contributed by atoms with van der Waals surface area (Å²) in [5, 5.41) is 19.1. The van der Waals surface area contributed by atoms with E-state index in [1.807, 2.05) is 12.1 Å². The maximum Gasteiger partial charge on any atom is 0.244 e. The molecule has 0 spiro atoms. The van der Waals surface area contributed by atoms with E-state index < -0.39 is 40.4 Å². The Morgan fingerprint density at radius 1 is 1.12 bits per heavy atom. The third-order valence-electron chi connectivity index (χ3n) is 4.25. The van der Waals surface area contributed by atoms with Crippen molar-refractivity contribution in [1.29, 1.82) is 5.26 Å². The topological polar surface area (TPSA) is 81.4 Å². The summed E-state index contributed by atoms with van der Waals surface area (Å²) in [6.45, 7) is -0.405. The van der Waals surface area contributed by atoms with Crippen molar-refractivity contribution in [3.05, 3.63) is 66.0 Å². The van der Waals surface area contributed by atoms with Gasteiger partial charge in [-0.1, -0.05) is 30.3 Å². The predicted octanol–water partition coefficient (Wildman–Crippen LogP) is 1.87. The molecule has 24 heavy (non-hydrogen) atoms. The van der Waals surface area contributed by atoms with Crippen molar-refractivity contribution >= 4 is 10.0 Å². The summed E-state index contributed by atoms with van der Waals surface area (Å²) < 4.78 is 39.6. The maximum atomic E-state index is 13.0. The summed E-state index contributed by atoms with van der Waals surface area (Å²) in [6, 6.07) is 13.8. The Labute approximate surface area is 139 Å². The van der Waals surface area contributed by atoms with Crippen LogP contribution in [-0.4, -0.2) is 36.5 Å². The summed E-state index contributed by atoms with van der Waals surface area (Å²) in [6.07, 6.45) is 0. The number of benzene rings is 2. The lowest BCUT2D eigenvalue weighted by molar-refractivity contribution is 0.0557. The fraction of sp³-hybridized carbons (Fsp3) is 0.235. The minimum Gasteiger partial charge on any atom is -0.395 e. The second kappa shape index (κ2) is 6.32. The lowest BCUT2D eigenvalue weighted by Gasteiger charge is -2.50. The highest BCUT2D eigenvalue weighted by molar-refractivity contribution is 7.89. The molecule has 0 unspecified atom stereocenters. The lowest BCUT2D eigenvalue weighted by Crippen LogP contribution is -2.64. The van der Waals surface area contributed by atoms with Gasteiger partial charge in [-0.15, -0.1) is 0 Å². The molecule has 3 atom stereocenters. The molecule has 0 bridgehead atoms. The van der Waals surface area contributed by atoms with Gasteiger partial charge >= 0.3 is 0 Å². The van der Waals surface area contributed by atoms with Crippen LogP contribution in [0.1, 0.15) is 11.5 Å². The fourth-order valence-corrected chi connectivity index (χ4v) is 4.85. The van der Waals surface area contributed by atoms with E-state index in [9.17, 15) is 23.2 Å². The van der Waals surface area contributed by atoms with Gasteiger partial charge in [-0.25, -0.2) is 12.8 Å². The summed E-state index contributed by atoms with van der Waals surface area (Å²) in [5.74, 6) is -0.952. The number of hydrogen-bond donors (Lipinski definition) is 1. The zero-order valence-corrected chi connectivity index (χ0v) is 13.4. The molecule has 0 radical (unpaired) electrons. The van der Waals surface area contributed by atoms with Gasteiger partial charge in [0, 0.05) is 5.92 Å². The highest BCUT2D eigenvalue weighted by Gasteiger charge is 2.55. The molecule has 0 aliphatic carbocycles. The van der Waals surface area contributed by atoms with Gasteiger partial charge in [-0.05, 0) is 29.8 Å². The zero-order valence-electron chi connectivity index (χ0n) is 12.6. The molecule has 2 aromatic carbocycles. The van der Waals surface area contributed by atoms with Crippen LogP contribution >= 0.6 is 0 Å². The number of nitrogens with zero attached hydrogens (tertiary/aromatic N) is 2. The average molecular weight is 346 g/mol. The predicted molar refractivity (Wildman–Crippen MR) is 84.9 cm³/mol. The van der Waals surface area contributed by atoms with Crippen LogP contribution in [0.15, 0.2) is 59.5 Å². The number of hydrogen-bond acceptors (Lipinski definition) is 4. The first-order valence-electron chi connectivity index (χ1n) is 7.35. The van der Waals surface area contributed by atoms with E-state index in [2.05, 4.69) is 0 Å². The molecule has 0 amide bonds. The number of rotatable bonds is 4. The number of sulfonamides is 1. The molecular formula is C17H15FN2O3S. The molecule has 0 aromatic heterocycles. The molecule has 124 valence electrons. The van der Waals surface area contributed by atoms with Crippen molar-refractivity contribution in [2.45, 2.75) is 22.9 Å². The van der Waals surface area contributed by atoms with Crippen LogP contribution in [0.4, 0.5) is 4.39 Å². The van der Waals surface area contributed by atoms with Crippen LogP contribution in [0.2, 0.25) is 0 Å². The van der Waals surface area contributed by atoms with Crippen LogP contribution in [0.25, 0.3) is 0 Å². The van der Waals surface area contributed by atoms with E-state index in [0.717, 1.165) is 34.1 Å². The van der Waals surface area contributed by atoms with Gasteiger partial charge in [0.2, 0.25) is 10.0 Å². The first kappa shape index (κ1) is 16.6. The normalized spacial score (nSPS) is 24.1. The van der Waals surface area contributed by atoms with E-state index in [0.29, 0.717) is 0 Å². The Bertz CT molecular complexity index is 863. The summed E-state index contributed by atoms with van der Waals surface area (Å²) in [5.41, 5.74) is 0.800. The minimum atomic E-state index is -4.00. The van der Waals surface area contributed by atoms with Gasteiger partial charge < -0.3 is 5.11 Å². The lowest BCUT2D eigenvalue weighted by atomic mass is 9.78. The van der Waals surface area contributed by atoms with Crippen LogP contribution in [0, 0.1) is 17.1 Å². The van der Waals surface area contributed by atoms with Gasteiger partial charge in [0.15, 0.2) is 0 Å². The Balaban J connectivity index is 1.99. The smallest absolute Gasteiger partial charge is 0.244 e. The summed E-state index contributed by atoms with van der Waals surface area (Å²) in [7, 11) is -4.00. The number of aliphatic hydroxyl groups is 1. The van der Waals surface area contributed by atoms with Crippen molar-refractivity contribution in [3.63, 3.8) is 0 Å². The molecule has 1 N–H and O–H groups in total. The summed E-state index contributed by atoms with van der Waals surface area (Å²) in [4.78, 5) is -0.103. The van der Waals surface area contributed by atoms with Gasteiger partial charge in [-0.3, -0.25) is 0 Å². The SMILES string of the molecule is N#C[C@H]1[C@H](c2ccccc2)[C@@H](CO)N1S(=O)(=O)c1ccc(F)cc1. The first-order chi connectivity index (χ1) is 11.5. The minimum absolute atomic E-state index is 0.103. The highest BCUT2D eigenvalue weighted by atomic mass is 32.2. The highest BCUT2D eigenvalue weighted by Crippen LogP contribution is 2.43. The van der Waals surface area contributed by atoms with Crippen molar-refractivity contribution in [2.75, 3.05) is 6.61 Å². The summed E-state index contributed by atoms with van der Waals surface area (Å²) >= 11 is 0. The number of aliphatic hydroxyl groups excluding tert-OH is 1. The average Bonchev–Trinajstić information content (AvgIpc) is 2.56. The monoisotopic (exact) mass is 346 g/mol. The van der Waals surface area contributed by atoms with Gasteiger partial charge in [0.1, 0.15) is 11.9 Å². The Hall–Kier alpha value is -2.27. The van der Waals surface area contributed by atoms with E-state index in [-0.39, 0.29) is 4.90 Å². The molecule has 1 fully saturated rings. The quantitative estimate of drug-likeness (QED) is 0.916. The standard InChI is InChI=1S/C17H15FN2O3S/c18-13-6-8-14(9-7-13)24(22,23)20-15(10-19)17(16(20)11-21)12-4-2-1-3-5-12/h1-9,15-17,21H,11H2/t15-,16+,17-/m0/s1. The second-order valence-electron chi connectivity index (χ2n) is 5.55. The Morgan fingerprint density at radius 3 is 2.29 bits per heavy atom. The molecular weight excluding hydrogens is 331 g/mol. The second-order valence-corrected chi connectivity index (χ2v) is 7.39. The third kappa shape index (κ3) is 2.59. The van der Waals surface area contributed by atoms with E-state index in [1.54, 1.807) is 24.3 Å². The van der Waals surface area contributed by atoms with Crippen LogP contribution in [0.3, 0.4) is 0 Å². The van der Waals surface area contributed by atoms with Crippen LogP contribution in [-0.2, 0) is 10.0 Å². The van der Waals surface area contributed by atoms with E-state index in [4.69, 9.17) is 0 Å². The van der Waals surface area contributed by atoms with Gasteiger partial charge in [0.25, 0.3) is 0 Å². The van der Waals surface area contributed by atoms with Gasteiger partial charge in [0.05, 0.1) is 23.6 Å². The van der Waals surface area contributed by atoms with Crippen molar-refractivity contribution in [1.82, 2.24) is 4.31 Å². The first-order valence-corrected chi connectivity index (χ1v) is 8.79. The van der Waals surface area contributed by atoms with E-state index >= 15 is 0 Å². The molecule has 2 aromatic rings. The van der Waals surface area contributed by atoms with Crippen molar-refractivity contribution < 1.29 is 17.9 Å². The molecule has 1 aliphatic heterocycles. The third-order valence-corrected chi connectivity index (χ3v) is 6.17. The number of nitriles is 1. The fourth-order valence-electron chi connectivity index (χ4n) is 3.10.